The van der Waals surface area contributed by atoms with E-state index in [1.165, 1.54) is 0 Å². The number of hydrogen-bond donors (Lipinski definition) is 2. The highest BCUT2D eigenvalue weighted by molar-refractivity contribution is 5.46. The lowest BCUT2D eigenvalue weighted by Gasteiger charge is -2.05. The van der Waals surface area contributed by atoms with Crippen molar-refractivity contribution >= 4 is 11.3 Å². The van der Waals surface area contributed by atoms with Crippen molar-refractivity contribution in [1.82, 2.24) is 19.6 Å². The summed E-state index contributed by atoms with van der Waals surface area (Å²) in [6.45, 7) is 2.46. The zero-order valence-electron chi connectivity index (χ0n) is 10.4. The molecule has 2 N–H and O–H groups in total. The summed E-state index contributed by atoms with van der Waals surface area (Å²) >= 11 is 0. The van der Waals surface area contributed by atoms with Gasteiger partial charge in [0.05, 0.1) is 6.54 Å². The molecule has 0 aliphatic carbocycles. The van der Waals surface area contributed by atoms with Crippen molar-refractivity contribution in [2.45, 2.75) is 13.5 Å². The summed E-state index contributed by atoms with van der Waals surface area (Å²) in [7, 11) is 0. The summed E-state index contributed by atoms with van der Waals surface area (Å²) in [5, 5.41) is 20.7. The molecule has 6 nitrogen and oxygen atoms in total. The first-order valence-corrected chi connectivity index (χ1v) is 5.91. The molecule has 0 saturated carbocycles. The Bertz CT molecular complexity index is 705. The number of rotatable bonds is 3. The van der Waals surface area contributed by atoms with E-state index in [4.69, 9.17) is 0 Å². The number of benzene rings is 1. The zero-order chi connectivity index (χ0) is 13.2. The van der Waals surface area contributed by atoms with Crippen LogP contribution in [0.25, 0.3) is 5.65 Å². The Hall–Kier alpha value is -2.63. The van der Waals surface area contributed by atoms with Crippen LogP contribution >= 0.6 is 0 Å². The van der Waals surface area contributed by atoms with Gasteiger partial charge in [0.2, 0.25) is 0 Å². The van der Waals surface area contributed by atoms with Crippen LogP contribution < -0.4 is 5.32 Å². The molecule has 0 saturated heterocycles. The van der Waals surface area contributed by atoms with Gasteiger partial charge in [-0.25, -0.2) is 4.98 Å². The standard InChI is InChI=1S/C13H13N5O/c1-9-6-12-16-17-13(18(12)8-15-9)7-14-10-2-4-11(19)5-3-10/h2-6,8,14,19H,7H2,1H3. The molecule has 1 aromatic carbocycles. The van der Waals surface area contributed by atoms with E-state index in [1.54, 1.807) is 30.6 Å². The van der Waals surface area contributed by atoms with Gasteiger partial charge in [-0.1, -0.05) is 0 Å². The third-order valence-corrected chi connectivity index (χ3v) is 2.83. The smallest absolute Gasteiger partial charge is 0.163 e. The molecular formula is C13H13N5O. The lowest BCUT2D eigenvalue weighted by atomic mass is 10.3. The fourth-order valence-corrected chi connectivity index (χ4v) is 1.82. The predicted molar refractivity (Wildman–Crippen MR) is 71.0 cm³/mol. The topological polar surface area (TPSA) is 75.3 Å². The number of aromatic nitrogens is 4. The Morgan fingerprint density at radius 1 is 1.21 bits per heavy atom. The molecular weight excluding hydrogens is 242 g/mol. The molecule has 2 aromatic heterocycles. The van der Waals surface area contributed by atoms with Crippen molar-refractivity contribution in [3.8, 4) is 5.75 Å². The first-order chi connectivity index (χ1) is 9.22. The Morgan fingerprint density at radius 3 is 2.79 bits per heavy atom. The van der Waals surface area contributed by atoms with Gasteiger partial charge in [-0.15, -0.1) is 10.2 Å². The van der Waals surface area contributed by atoms with E-state index in [1.807, 2.05) is 17.4 Å². The number of anilines is 1. The monoisotopic (exact) mass is 255 g/mol. The summed E-state index contributed by atoms with van der Waals surface area (Å²) in [6.07, 6.45) is 1.72. The van der Waals surface area contributed by atoms with Gasteiger partial charge in [0.1, 0.15) is 12.1 Å². The van der Waals surface area contributed by atoms with Gasteiger partial charge < -0.3 is 10.4 Å². The van der Waals surface area contributed by atoms with Crippen LogP contribution in [-0.2, 0) is 6.54 Å². The summed E-state index contributed by atoms with van der Waals surface area (Å²) < 4.78 is 1.85. The molecule has 0 bridgehead atoms. The molecule has 0 unspecified atom stereocenters. The molecule has 19 heavy (non-hydrogen) atoms. The number of fused-ring (bicyclic) bond motifs is 1. The van der Waals surface area contributed by atoms with E-state index in [0.717, 1.165) is 22.9 Å². The fourth-order valence-electron chi connectivity index (χ4n) is 1.82. The van der Waals surface area contributed by atoms with Crippen LogP contribution in [0, 0.1) is 6.92 Å². The Morgan fingerprint density at radius 2 is 2.00 bits per heavy atom. The van der Waals surface area contributed by atoms with Crippen LogP contribution in [0.3, 0.4) is 0 Å². The summed E-state index contributed by atoms with van der Waals surface area (Å²) in [5.74, 6) is 1.04. The second-order valence-electron chi connectivity index (χ2n) is 4.28. The van der Waals surface area contributed by atoms with Crippen molar-refractivity contribution in [2.24, 2.45) is 0 Å². The lowest BCUT2D eigenvalue weighted by molar-refractivity contribution is 0.475. The van der Waals surface area contributed by atoms with Gasteiger partial charge in [0.25, 0.3) is 0 Å². The van der Waals surface area contributed by atoms with Gasteiger partial charge in [0, 0.05) is 17.4 Å². The quantitative estimate of drug-likeness (QED) is 0.697. The first kappa shape index (κ1) is 11.5. The van der Waals surface area contributed by atoms with Crippen molar-refractivity contribution in [3.63, 3.8) is 0 Å². The maximum absolute atomic E-state index is 9.21. The van der Waals surface area contributed by atoms with Crippen LogP contribution in [0.2, 0.25) is 0 Å². The highest BCUT2D eigenvalue weighted by Crippen LogP contribution is 2.14. The SMILES string of the molecule is Cc1cc2nnc(CNc3ccc(O)cc3)n2cn1. The van der Waals surface area contributed by atoms with Crippen LogP contribution in [0.4, 0.5) is 5.69 Å². The van der Waals surface area contributed by atoms with Crippen LogP contribution in [0.15, 0.2) is 36.7 Å². The van der Waals surface area contributed by atoms with Gasteiger partial charge in [0.15, 0.2) is 11.5 Å². The minimum absolute atomic E-state index is 0.248. The van der Waals surface area contributed by atoms with E-state index in [9.17, 15) is 5.11 Å². The van der Waals surface area contributed by atoms with E-state index in [-0.39, 0.29) is 5.75 Å². The number of aryl methyl sites for hydroxylation is 1. The summed E-state index contributed by atoms with van der Waals surface area (Å²) in [4.78, 5) is 4.23. The zero-order valence-corrected chi connectivity index (χ0v) is 10.4. The van der Waals surface area contributed by atoms with Crippen molar-refractivity contribution in [3.05, 3.63) is 48.2 Å². The molecule has 0 aliphatic rings. The predicted octanol–water partition coefficient (Wildman–Crippen LogP) is 1.75. The summed E-state index contributed by atoms with van der Waals surface area (Å²) in [6, 6.07) is 8.77. The van der Waals surface area contributed by atoms with E-state index < -0.39 is 0 Å². The van der Waals surface area contributed by atoms with Gasteiger partial charge in [-0.3, -0.25) is 4.40 Å². The van der Waals surface area contributed by atoms with Gasteiger partial charge in [-0.05, 0) is 31.2 Å². The highest BCUT2D eigenvalue weighted by Gasteiger charge is 2.05. The maximum atomic E-state index is 9.21. The van der Waals surface area contributed by atoms with E-state index in [0.29, 0.717) is 6.54 Å². The number of nitrogens with one attached hydrogen (secondary N) is 1. The molecule has 6 heteroatoms. The second-order valence-corrected chi connectivity index (χ2v) is 4.28. The minimum atomic E-state index is 0.248. The summed E-state index contributed by atoms with van der Waals surface area (Å²) in [5.41, 5.74) is 2.61. The van der Waals surface area contributed by atoms with Gasteiger partial charge in [-0.2, -0.15) is 0 Å². The molecule has 3 aromatic rings. The molecule has 0 atom stereocenters. The number of phenolic OH excluding ortho intramolecular Hbond substituents is 1. The molecule has 0 fully saturated rings. The van der Waals surface area contributed by atoms with E-state index >= 15 is 0 Å². The molecule has 0 radical (unpaired) electrons. The molecule has 0 spiro atoms. The average molecular weight is 255 g/mol. The molecule has 0 amide bonds. The number of aromatic hydroxyl groups is 1. The van der Waals surface area contributed by atoms with E-state index in [2.05, 4.69) is 20.5 Å². The molecule has 2 heterocycles. The normalized spacial score (nSPS) is 10.8. The molecule has 96 valence electrons. The van der Waals surface area contributed by atoms with Crippen molar-refractivity contribution in [2.75, 3.05) is 5.32 Å². The van der Waals surface area contributed by atoms with Crippen molar-refractivity contribution < 1.29 is 5.11 Å². The first-order valence-electron chi connectivity index (χ1n) is 5.91. The molecule has 0 aliphatic heterocycles. The van der Waals surface area contributed by atoms with Gasteiger partial charge >= 0.3 is 0 Å². The van der Waals surface area contributed by atoms with Crippen LogP contribution in [-0.4, -0.2) is 24.7 Å². The Kier molecular flexibility index (Phi) is 2.75. The number of nitrogens with zero attached hydrogens (tertiary/aromatic N) is 4. The third kappa shape index (κ3) is 2.33. The maximum Gasteiger partial charge on any atom is 0.163 e. The largest absolute Gasteiger partial charge is 0.508 e. The Labute approximate surface area is 109 Å². The van der Waals surface area contributed by atoms with Crippen molar-refractivity contribution in [1.29, 1.82) is 0 Å². The number of hydrogen-bond acceptors (Lipinski definition) is 5. The van der Waals surface area contributed by atoms with Crippen LogP contribution in [0.1, 0.15) is 11.5 Å². The second kappa shape index (κ2) is 4.56. The highest BCUT2D eigenvalue weighted by atomic mass is 16.3. The minimum Gasteiger partial charge on any atom is -0.508 e. The van der Waals surface area contributed by atoms with Crippen LogP contribution in [0.5, 0.6) is 5.75 Å². The average Bonchev–Trinajstić information content (AvgIpc) is 2.80. The fraction of sp³-hybridized carbons (Fsp3) is 0.154. The lowest BCUT2D eigenvalue weighted by Crippen LogP contribution is -2.04. The third-order valence-electron chi connectivity index (χ3n) is 2.83. The number of phenols is 1. The Balaban J connectivity index is 1.80. The molecule has 3 rings (SSSR count).